The zero-order valence-electron chi connectivity index (χ0n) is 30.0. The van der Waals surface area contributed by atoms with Crippen molar-refractivity contribution in [1.29, 1.82) is 0 Å². The molecule has 1 aromatic rings. The molecule has 2 saturated carbocycles. The second kappa shape index (κ2) is 15.0. The molecule has 14 heteroatoms. The van der Waals surface area contributed by atoms with Crippen LogP contribution in [0.15, 0.2) is 17.3 Å². The van der Waals surface area contributed by atoms with E-state index >= 15 is 0 Å². The maximum atomic E-state index is 14.7. The smallest absolute Gasteiger partial charge is 0.289 e. The van der Waals surface area contributed by atoms with E-state index in [1.54, 1.807) is 12.1 Å². The summed E-state index contributed by atoms with van der Waals surface area (Å²) in [4.78, 5) is 75.3. The van der Waals surface area contributed by atoms with Crippen molar-refractivity contribution in [2.75, 3.05) is 26.8 Å². The number of benzene rings is 1. The Balaban J connectivity index is 1.26. The molecule has 3 N–H and O–H groups in total. The van der Waals surface area contributed by atoms with E-state index in [9.17, 15) is 24.0 Å². The molecule has 3 heterocycles. The predicted molar refractivity (Wildman–Crippen MR) is 188 cm³/mol. The van der Waals surface area contributed by atoms with E-state index in [0.29, 0.717) is 53.9 Å². The Morgan fingerprint density at radius 1 is 1.00 bits per heavy atom. The number of Topliss-reactive ketones (excluding diaryl/α,β-unsaturated/α-hetero) is 1. The van der Waals surface area contributed by atoms with Gasteiger partial charge < -0.3 is 35.2 Å². The molecule has 278 valence electrons. The molecule has 1 saturated heterocycles. The molecule has 0 radical (unpaired) electrons. The summed E-state index contributed by atoms with van der Waals surface area (Å²) >= 11 is 6.54. The molecule has 4 amide bonds. The van der Waals surface area contributed by atoms with Crippen molar-refractivity contribution in [1.82, 2.24) is 20.9 Å². The molecule has 4 atom stereocenters. The third-order valence-electron chi connectivity index (χ3n) is 10.7. The van der Waals surface area contributed by atoms with Gasteiger partial charge in [-0.15, -0.1) is 0 Å². The maximum absolute atomic E-state index is 14.7. The Morgan fingerprint density at radius 2 is 1.73 bits per heavy atom. The number of carbonyl (C=O) groups excluding carboxylic acids is 5. The van der Waals surface area contributed by atoms with Crippen LogP contribution in [0.5, 0.6) is 11.5 Å². The summed E-state index contributed by atoms with van der Waals surface area (Å²) in [7, 11) is 1.37. The lowest BCUT2D eigenvalue weighted by molar-refractivity contribution is -0.145. The third-order valence-corrected chi connectivity index (χ3v) is 11.0. The van der Waals surface area contributed by atoms with E-state index in [4.69, 9.17) is 25.9 Å². The van der Waals surface area contributed by atoms with Gasteiger partial charge in [0.15, 0.2) is 17.1 Å². The van der Waals surface area contributed by atoms with Crippen LogP contribution in [0, 0.1) is 17.3 Å². The molecule has 51 heavy (non-hydrogen) atoms. The van der Waals surface area contributed by atoms with Crippen LogP contribution in [0.3, 0.4) is 0 Å². The molecule has 13 nitrogen and oxygen atoms in total. The first-order valence-electron chi connectivity index (χ1n) is 18.3. The number of halogens is 1. The van der Waals surface area contributed by atoms with Crippen LogP contribution in [0.25, 0.3) is 0 Å². The summed E-state index contributed by atoms with van der Waals surface area (Å²) in [6, 6.07) is 0.474. The average molecular weight is 728 g/mol. The second-order valence-electron chi connectivity index (χ2n) is 15.9. The van der Waals surface area contributed by atoms with Crippen molar-refractivity contribution in [2.24, 2.45) is 22.4 Å². The van der Waals surface area contributed by atoms with Crippen LogP contribution in [0.2, 0.25) is 5.02 Å². The SMILES string of the molecule is CNC(=O)C(=O)[C@H](CC1CC1)NC(=O)[C@@H]1C[C@]2(CC(c3cc(Cl)c4c(c3)OCCO4)=NO2)CN1C(=O)[C@@H](NC(=O)CC1CCCCC1)C(C)(C)C. The summed E-state index contributed by atoms with van der Waals surface area (Å²) in [6.45, 7) is 6.41. The van der Waals surface area contributed by atoms with Gasteiger partial charge in [0, 0.05) is 31.9 Å². The first kappa shape index (κ1) is 36.9. The molecule has 0 unspecified atom stereocenters. The van der Waals surface area contributed by atoms with Crippen LogP contribution in [0.4, 0.5) is 0 Å². The fourth-order valence-corrected chi connectivity index (χ4v) is 7.98. The van der Waals surface area contributed by atoms with Crippen LogP contribution >= 0.6 is 11.6 Å². The molecule has 6 rings (SSSR count). The van der Waals surface area contributed by atoms with Crippen molar-refractivity contribution in [3.63, 3.8) is 0 Å². The largest absolute Gasteiger partial charge is 0.486 e. The van der Waals surface area contributed by atoms with Crippen molar-refractivity contribution < 1.29 is 38.3 Å². The Bertz CT molecular complexity index is 1580. The quantitative estimate of drug-likeness (QED) is 0.291. The standard InChI is InChI=1S/C37H50ClN5O8/c1-36(2,3)32(41-29(44)15-21-8-6-5-7-9-21)35(48)43-20-37(18-26(42-51-37)23-16-24(38)31-28(17-23)49-12-13-50-31)19-27(43)33(46)40-25(14-22-10-11-22)30(45)34(47)39-4/h16-17,21-22,25,27,32H,5-15,18-20H2,1-4H3,(H,39,47)(H,40,46)(H,41,44)/t25-,27-,32+,37+/m0/s1. The van der Waals surface area contributed by atoms with Gasteiger partial charge in [-0.1, -0.05) is 69.6 Å². The first-order chi connectivity index (χ1) is 24.3. The number of fused-ring (bicyclic) bond motifs is 1. The lowest BCUT2D eigenvalue weighted by Gasteiger charge is -2.36. The Hall–Kier alpha value is -3.87. The summed E-state index contributed by atoms with van der Waals surface area (Å²) in [5.74, 6) is -1.24. The highest BCUT2D eigenvalue weighted by molar-refractivity contribution is 6.38. The van der Waals surface area contributed by atoms with Gasteiger partial charge in [-0.2, -0.15) is 0 Å². The summed E-state index contributed by atoms with van der Waals surface area (Å²) in [5.41, 5.74) is -0.537. The zero-order chi connectivity index (χ0) is 36.5. The van der Waals surface area contributed by atoms with Crippen molar-refractivity contribution in [3.05, 3.63) is 22.7 Å². The predicted octanol–water partition coefficient (Wildman–Crippen LogP) is 3.68. The maximum Gasteiger partial charge on any atom is 0.289 e. The number of likely N-dealkylation sites (N-methyl/N-ethyl adjacent to an activating group) is 1. The summed E-state index contributed by atoms with van der Waals surface area (Å²) in [6.07, 6.45) is 8.18. The number of carbonyl (C=O) groups is 5. The number of ketones is 1. The van der Waals surface area contributed by atoms with Crippen molar-refractivity contribution in [3.8, 4) is 11.5 Å². The van der Waals surface area contributed by atoms with Crippen molar-refractivity contribution in [2.45, 2.75) is 115 Å². The Labute approximate surface area is 303 Å². The van der Waals surface area contributed by atoms with Gasteiger partial charge in [-0.05, 0) is 48.6 Å². The number of rotatable bonds is 11. The zero-order valence-corrected chi connectivity index (χ0v) is 30.7. The fraction of sp³-hybridized carbons (Fsp3) is 0.676. The van der Waals surface area contributed by atoms with Gasteiger partial charge in [-0.25, -0.2) is 0 Å². The number of hydrogen-bond acceptors (Lipinski definition) is 9. The normalized spacial score (nSPS) is 24.3. The second-order valence-corrected chi connectivity index (χ2v) is 16.3. The minimum absolute atomic E-state index is 0.0109. The lowest BCUT2D eigenvalue weighted by Crippen LogP contribution is -2.59. The summed E-state index contributed by atoms with van der Waals surface area (Å²) in [5, 5.41) is 13.0. The van der Waals surface area contributed by atoms with Gasteiger partial charge in [-0.3, -0.25) is 24.0 Å². The molecule has 0 aromatic heterocycles. The van der Waals surface area contributed by atoms with E-state index < -0.39 is 52.6 Å². The van der Waals surface area contributed by atoms with E-state index in [0.717, 1.165) is 38.5 Å². The monoisotopic (exact) mass is 727 g/mol. The Kier molecular flexibility index (Phi) is 10.9. The number of ether oxygens (including phenoxy) is 2. The number of nitrogens with one attached hydrogen (secondary N) is 3. The van der Waals surface area contributed by atoms with Gasteiger partial charge in [0.2, 0.25) is 23.5 Å². The first-order valence-corrected chi connectivity index (χ1v) is 18.7. The van der Waals surface area contributed by atoms with Crippen LogP contribution in [0.1, 0.15) is 97.0 Å². The molecule has 2 aliphatic carbocycles. The van der Waals surface area contributed by atoms with Crippen LogP contribution in [-0.4, -0.2) is 90.6 Å². The molecular formula is C37H50ClN5O8. The minimum Gasteiger partial charge on any atom is -0.486 e. The van der Waals surface area contributed by atoms with Gasteiger partial charge in [0.05, 0.1) is 23.3 Å². The van der Waals surface area contributed by atoms with Gasteiger partial charge in [0.1, 0.15) is 25.3 Å². The fourth-order valence-electron chi connectivity index (χ4n) is 7.72. The van der Waals surface area contributed by atoms with E-state index in [1.165, 1.54) is 18.4 Å². The van der Waals surface area contributed by atoms with Crippen LogP contribution < -0.4 is 25.4 Å². The molecule has 3 fully saturated rings. The minimum atomic E-state index is -1.07. The number of amides is 4. The average Bonchev–Trinajstić information content (AvgIpc) is 3.71. The molecule has 3 aliphatic heterocycles. The highest BCUT2D eigenvalue weighted by Crippen LogP contribution is 2.43. The lowest BCUT2D eigenvalue weighted by atomic mass is 9.84. The van der Waals surface area contributed by atoms with Gasteiger partial charge >= 0.3 is 0 Å². The molecule has 0 bridgehead atoms. The molecular weight excluding hydrogens is 678 g/mol. The summed E-state index contributed by atoms with van der Waals surface area (Å²) < 4.78 is 11.4. The molecule has 1 spiro atoms. The highest BCUT2D eigenvalue weighted by Gasteiger charge is 2.56. The number of likely N-dealkylation sites (tertiary alicyclic amines) is 1. The Morgan fingerprint density at radius 3 is 2.41 bits per heavy atom. The third kappa shape index (κ3) is 8.45. The van der Waals surface area contributed by atoms with Crippen molar-refractivity contribution >= 4 is 46.7 Å². The topological polar surface area (TPSA) is 165 Å². The van der Waals surface area contributed by atoms with Crippen LogP contribution in [-0.2, 0) is 28.8 Å². The molecule has 5 aliphatic rings. The number of hydrogen-bond donors (Lipinski definition) is 3. The van der Waals surface area contributed by atoms with E-state index in [1.807, 2.05) is 20.8 Å². The highest BCUT2D eigenvalue weighted by atomic mass is 35.5. The molecule has 1 aromatic carbocycles. The number of nitrogens with zero attached hydrogens (tertiary/aromatic N) is 2. The van der Waals surface area contributed by atoms with E-state index in [-0.39, 0.29) is 37.1 Å². The van der Waals surface area contributed by atoms with Gasteiger partial charge in [0.25, 0.3) is 5.91 Å². The number of oxime groups is 1. The van der Waals surface area contributed by atoms with E-state index in [2.05, 4.69) is 21.1 Å².